The molecule has 1 N–H and O–H groups in total. The molecule has 0 saturated carbocycles. The Morgan fingerprint density at radius 1 is 1.19 bits per heavy atom. The number of aromatic carboxylic acids is 1. The maximum atomic E-state index is 12.7. The highest BCUT2D eigenvalue weighted by atomic mass is 16.6. The zero-order valence-electron chi connectivity index (χ0n) is 15.5. The van der Waals surface area contributed by atoms with Crippen molar-refractivity contribution < 1.29 is 24.4 Å². The number of nitro benzene ring substituents is 1. The molecule has 0 unspecified atom stereocenters. The van der Waals surface area contributed by atoms with Crippen molar-refractivity contribution in [2.75, 3.05) is 20.1 Å². The molecule has 1 aliphatic rings. The van der Waals surface area contributed by atoms with Gasteiger partial charge in [0.1, 0.15) is 0 Å². The average molecular weight is 377 g/mol. The first-order valence-electron chi connectivity index (χ1n) is 8.70. The van der Waals surface area contributed by atoms with E-state index in [1.807, 2.05) is 13.8 Å². The first-order valence-corrected chi connectivity index (χ1v) is 8.70. The summed E-state index contributed by atoms with van der Waals surface area (Å²) in [4.78, 5) is 49.7. The lowest BCUT2D eigenvalue weighted by Crippen LogP contribution is -2.45. The highest BCUT2D eigenvalue weighted by molar-refractivity contribution is 5.98. The van der Waals surface area contributed by atoms with E-state index in [1.54, 1.807) is 11.9 Å². The second kappa shape index (κ2) is 8.15. The van der Waals surface area contributed by atoms with Crippen LogP contribution in [0, 0.1) is 16.0 Å². The largest absolute Gasteiger partial charge is 0.478 e. The number of nitro groups is 1. The van der Waals surface area contributed by atoms with Crippen LogP contribution in [0.2, 0.25) is 0 Å². The SMILES string of the molecule is CC(C)N(C)C(=O)C1CCN(C(=O)c2cc(C(=O)O)cc([N+](=O)[O-])c2)CC1. The Hall–Kier alpha value is -2.97. The van der Waals surface area contributed by atoms with E-state index in [-0.39, 0.29) is 29.0 Å². The monoisotopic (exact) mass is 377 g/mol. The van der Waals surface area contributed by atoms with Gasteiger partial charge in [-0.3, -0.25) is 19.7 Å². The van der Waals surface area contributed by atoms with Gasteiger partial charge in [-0.15, -0.1) is 0 Å². The summed E-state index contributed by atoms with van der Waals surface area (Å²) >= 11 is 0. The summed E-state index contributed by atoms with van der Waals surface area (Å²) < 4.78 is 0. The number of nitrogens with zero attached hydrogens (tertiary/aromatic N) is 3. The topological polar surface area (TPSA) is 121 Å². The molecule has 0 bridgehead atoms. The van der Waals surface area contributed by atoms with Crippen LogP contribution < -0.4 is 0 Å². The van der Waals surface area contributed by atoms with Crippen LogP contribution in [-0.2, 0) is 4.79 Å². The first-order chi connectivity index (χ1) is 12.6. The first kappa shape index (κ1) is 20.3. The lowest BCUT2D eigenvalue weighted by molar-refractivity contribution is -0.384. The van der Waals surface area contributed by atoms with Gasteiger partial charge in [-0.05, 0) is 32.8 Å². The Morgan fingerprint density at radius 3 is 2.22 bits per heavy atom. The lowest BCUT2D eigenvalue weighted by Gasteiger charge is -2.34. The number of carboxylic acid groups (broad SMARTS) is 1. The highest BCUT2D eigenvalue weighted by Gasteiger charge is 2.31. The third kappa shape index (κ3) is 4.60. The molecule has 0 spiro atoms. The molecule has 2 amide bonds. The van der Waals surface area contributed by atoms with E-state index in [1.165, 1.54) is 4.90 Å². The number of carbonyl (C=O) groups excluding carboxylic acids is 2. The smallest absolute Gasteiger partial charge is 0.335 e. The summed E-state index contributed by atoms with van der Waals surface area (Å²) in [5.74, 6) is -1.93. The van der Waals surface area contributed by atoms with Gasteiger partial charge in [-0.2, -0.15) is 0 Å². The van der Waals surface area contributed by atoms with Crippen molar-refractivity contribution >= 4 is 23.5 Å². The number of amides is 2. The van der Waals surface area contributed by atoms with Gasteiger partial charge in [0, 0.05) is 49.8 Å². The zero-order valence-corrected chi connectivity index (χ0v) is 15.5. The molecule has 1 saturated heterocycles. The molecule has 9 nitrogen and oxygen atoms in total. The Labute approximate surface area is 156 Å². The van der Waals surface area contributed by atoms with Crippen LogP contribution in [0.15, 0.2) is 18.2 Å². The molecule has 0 radical (unpaired) electrons. The standard InChI is InChI=1S/C18H23N3O6/c1-11(2)19(3)16(22)12-4-6-20(7-5-12)17(23)13-8-14(18(24)25)10-15(9-13)21(26)27/h8-12H,4-7H2,1-3H3,(H,24,25). The quantitative estimate of drug-likeness (QED) is 0.619. The molecule has 0 aromatic heterocycles. The minimum Gasteiger partial charge on any atom is -0.478 e. The summed E-state index contributed by atoms with van der Waals surface area (Å²) in [6.45, 7) is 4.54. The Balaban J connectivity index is 2.13. The maximum Gasteiger partial charge on any atom is 0.335 e. The number of hydrogen-bond acceptors (Lipinski definition) is 5. The molecule has 0 atom stereocenters. The van der Waals surface area contributed by atoms with Gasteiger partial charge < -0.3 is 14.9 Å². The van der Waals surface area contributed by atoms with Crippen LogP contribution in [0.1, 0.15) is 47.4 Å². The maximum absolute atomic E-state index is 12.7. The normalized spacial score (nSPS) is 14.9. The number of likely N-dealkylation sites (tertiary alicyclic amines) is 1. The van der Waals surface area contributed by atoms with E-state index in [0.29, 0.717) is 25.9 Å². The molecular formula is C18H23N3O6. The van der Waals surface area contributed by atoms with Gasteiger partial charge >= 0.3 is 5.97 Å². The number of non-ortho nitro benzene ring substituents is 1. The van der Waals surface area contributed by atoms with E-state index < -0.39 is 22.5 Å². The molecule has 1 heterocycles. The van der Waals surface area contributed by atoms with Crippen LogP contribution in [-0.4, -0.2) is 63.8 Å². The Bertz CT molecular complexity index is 736. The Morgan fingerprint density at radius 2 is 1.74 bits per heavy atom. The number of carboxylic acids is 1. The van der Waals surface area contributed by atoms with Crippen molar-refractivity contribution in [2.24, 2.45) is 5.92 Å². The van der Waals surface area contributed by atoms with Crippen LogP contribution in [0.4, 0.5) is 5.69 Å². The van der Waals surface area contributed by atoms with Gasteiger partial charge in [-0.25, -0.2) is 4.79 Å². The summed E-state index contributed by atoms with van der Waals surface area (Å²) in [5, 5.41) is 20.1. The molecular weight excluding hydrogens is 354 g/mol. The van der Waals surface area contributed by atoms with Crippen molar-refractivity contribution in [2.45, 2.75) is 32.7 Å². The van der Waals surface area contributed by atoms with Gasteiger partial charge in [0.15, 0.2) is 0 Å². The van der Waals surface area contributed by atoms with Crippen LogP contribution in [0.25, 0.3) is 0 Å². The second-order valence-corrected chi connectivity index (χ2v) is 6.94. The van der Waals surface area contributed by atoms with Crippen molar-refractivity contribution in [3.05, 3.63) is 39.4 Å². The van der Waals surface area contributed by atoms with Gasteiger partial charge in [0.05, 0.1) is 10.5 Å². The van der Waals surface area contributed by atoms with Gasteiger partial charge in [-0.1, -0.05) is 0 Å². The second-order valence-electron chi connectivity index (χ2n) is 6.94. The van der Waals surface area contributed by atoms with Crippen molar-refractivity contribution in [3.63, 3.8) is 0 Å². The van der Waals surface area contributed by atoms with E-state index in [2.05, 4.69) is 0 Å². The van der Waals surface area contributed by atoms with E-state index in [0.717, 1.165) is 18.2 Å². The van der Waals surface area contributed by atoms with Crippen LogP contribution in [0.5, 0.6) is 0 Å². The number of carbonyl (C=O) groups is 3. The van der Waals surface area contributed by atoms with E-state index in [4.69, 9.17) is 5.11 Å². The summed E-state index contributed by atoms with van der Waals surface area (Å²) in [5.41, 5.74) is -0.788. The third-order valence-electron chi connectivity index (χ3n) is 4.88. The molecule has 27 heavy (non-hydrogen) atoms. The lowest BCUT2D eigenvalue weighted by atomic mass is 9.94. The fraction of sp³-hybridized carbons (Fsp3) is 0.500. The van der Waals surface area contributed by atoms with Crippen LogP contribution in [0.3, 0.4) is 0 Å². The molecule has 1 aromatic rings. The molecule has 1 aromatic carbocycles. The van der Waals surface area contributed by atoms with Crippen LogP contribution >= 0.6 is 0 Å². The molecule has 146 valence electrons. The predicted octanol–water partition coefficient (Wildman–Crippen LogP) is 2.01. The molecule has 0 aliphatic carbocycles. The third-order valence-corrected chi connectivity index (χ3v) is 4.88. The number of benzene rings is 1. The van der Waals surface area contributed by atoms with Crippen molar-refractivity contribution in [1.82, 2.24) is 9.80 Å². The summed E-state index contributed by atoms with van der Waals surface area (Å²) in [6.07, 6.45) is 1.00. The summed E-state index contributed by atoms with van der Waals surface area (Å²) in [7, 11) is 1.75. The minimum atomic E-state index is -1.34. The fourth-order valence-electron chi connectivity index (χ4n) is 3.02. The minimum absolute atomic E-state index is 0.0364. The number of rotatable bonds is 5. The van der Waals surface area contributed by atoms with Crippen molar-refractivity contribution in [3.8, 4) is 0 Å². The highest BCUT2D eigenvalue weighted by Crippen LogP contribution is 2.24. The average Bonchev–Trinajstić information content (AvgIpc) is 2.65. The molecule has 1 fully saturated rings. The summed E-state index contributed by atoms with van der Waals surface area (Å²) in [6, 6.07) is 3.24. The van der Waals surface area contributed by atoms with Gasteiger partial charge in [0.25, 0.3) is 11.6 Å². The Kier molecular flexibility index (Phi) is 6.14. The number of piperidine rings is 1. The predicted molar refractivity (Wildman–Crippen MR) is 96.6 cm³/mol. The van der Waals surface area contributed by atoms with Gasteiger partial charge in [0.2, 0.25) is 5.91 Å². The number of hydrogen-bond donors (Lipinski definition) is 1. The molecule has 1 aliphatic heterocycles. The molecule has 9 heteroatoms. The fourth-order valence-corrected chi connectivity index (χ4v) is 3.02. The van der Waals surface area contributed by atoms with Crippen molar-refractivity contribution in [1.29, 1.82) is 0 Å². The zero-order chi connectivity index (χ0) is 20.3. The van der Waals surface area contributed by atoms with E-state index >= 15 is 0 Å². The molecule has 2 rings (SSSR count). The van der Waals surface area contributed by atoms with E-state index in [9.17, 15) is 24.5 Å².